The molecule has 0 bridgehead atoms. The lowest BCUT2D eigenvalue weighted by Crippen LogP contribution is -2.14. The molecule has 28 heavy (non-hydrogen) atoms. The second-order valence-corrected chi connectivity index (χ2v) is 5.91. The largest absolute Gasteiger partial charge is 0.416 e. The summed E-state index contributed by atoms with van der Waals surface area (Å²) in [5, 5.41) is 6.67. The van der Waals surface area contributed by atoms with Gasteiger partial charge in [-0.1, -0.05) is 30.3 Å². The van der Waals surface area contributed by atoms with Gasteiger partial charge in [-0.15, -0.1) is 0 Å². The lowest BCUT2D eigenvalue weighted by atomic mass is 10.1. The first-order valence-electron chi connectivity index (χ1n) is 8.24. The Morgan fingerprint density at radius 1 is 1.07 bits per heavy atom. The molecule has 0 atom stereocenters. The van der Waals surface area contributed by atoms with Crippen LogP contribution in [-0.4, -0.2) is 15.7 Å². The Labute approximate surface area is 158 Å². The van der Waals surface area contributed by atoms with E-state index in [4.69, 9.17) is 0 Å². The quantitative estimate of drug-likeness (QED) is 0.506. The van der Waals surface area contributed by atoms with Crippen molar-refractivity contribution in [3.8, 4) is 0 Å². The van der Waals surface area contributed by atoms with Crippen LogP contribution in [0, 0.1) is 5.82 Å². The fourth-order valence-corrected chi connectivity index (χ4v) is 2.48. The number of hydrogen-bond donors (Lipinski definition) is 1. The van der Waals surface area contributed by atoms with E-state index in [1.807, 2.05) is 0 Å². The molecule has 0 aliphatic heterocycles. The van der Waals surface area contributed by atoms with Crippen molar-refractivity contribution in [2.24, 2.45) is 0 Å². The van der Waals surface area contributed by atoms with Crippen molar-refractivity contribution in [1.82, 2.24) is 9.78 Å². The molecule has 1 heterocycles. The van der Waals surface area contributed by atoms with Gasteiger partial charge in [-0.2, -0.15) is 18.3 Å². The van der Waals surface area contributed by atoms with E-state index in [1.54, 1.807) is 18.2 Å². The highest BCUT2D eigenvalue weighted by Gasteiger charge is 2.29. The fraction of sp³-hybridized carbons (Fsp3) is 0.100. The van der Waals surface area contributed by atoms with Crippen molar-refractivity contribution in [2.45, 2.75) is 12.7 Å². The number of aromatic nitrogens is 2. The topological polar surface area (TPSA) is 46.9 Å². The van der Waals surface area contributed by atoms with Gasteiger partial charge in [0.25, 0.3) is 0 Å². The molecule has 0 saturated carbocycles. The molecule has 0 spiro atoms. The van der Waals surface area contributed by atoms with E-state index in [2.05, 4.69) is 10.4 Å². The van der Waals surface area contributed by atoms with E-state index in [0.29, 0.717) is 11.4 Å². The average molecular weight is 389 g/mol. The van der Waals surface area contributed by atoms with Crippen LogP contribution in [0.4, 0.5) is 23.4 Å². The summed E-state index contributed by atoms with van der Waals surface area (Å²) in [5.41, 5.74) is 0.133. The maximum absolute atomic E-state index is 13.6. The van der Waals surface area contributed by atoms with E-state index in [1.165, 1.54) is 47.3 Å². The van der Waals surface area contributed by atoms with Crippen LogP contribution in [0.5, 0.6) is 0 Å². The van der Waals surface area contributed by atoms with E-state index in [0.717, 1.165) is 12.1 Å². The molecule has 3 rings (SSSR count). The number of nitrogens with zero attached hydrogens (tertiary/aromatic N) is 2. The van der Waals surface area contributed by atoms with Crippen LogP contribution in [0.15, 0.2) is 66.9 Å². The van der Waals surface area contributed by atoms with Gasteiger partial charge in [0, 0.05) is 17.7 Å². The van der Waals surface area contributed by atoms with Gasteiger partial charge in [-0.3, -0.25) is 4.79 Å². The molecule has 1 amide bonds. The average Bonchev–Trinajstić information content (AvgIpc) is 3.07. The molecule has 2 aromatic carbocycles. The van der Waals surface area contributed by atoms with Gasteiger partial charge in [0.05, 0.1) is 18.3 Å². The van der Waals surface area contributed by atoms with Crippen LogP contribution < -0.4 is 5.32 Å². The predicted octanol–water partition coefficient (Wildman–Crippen LogP) is 4.74. The summed E-state index contributed by atoms with van der Waals surface area (Å²) < 4.78 is 52.9. The summed E-state index contributed by atoms with van der Waals surface area (Å²) in [5.74, 6) is -0.570. The molecular formula is C20H15F4N3O. The van der Waals surface area contributed by atoms with Gasteiger partial charge in [0.1, 0.15) is 11.6 Å². The van der Waals surface area contributed by atoms with Crippen LogP contribution in [0.25, 0.3) is 6.08 Å². The smallest absolute Gasteiger partial charge is 0.307 e. The Bertz CT molecular complexity index is 991. The van der Waals surface area contributed by atoms with Crippen LogP contribution in [-0.2, 0) is 17.5 Å². The number of nitrogens with one attached hydrogen (secondary N) is 1. The van der Waals surface area contributed by atoms with E-state index in [9.17, 15) is 22.4 Å². The van der Waals surface area contributed by atoms with Crippen LogP contribution >= 0.6 is 0 Å². The third-order valence-electron chi connectivity index (χ3n) is 3.90. The van der Waals surface area contributed by atoms with E-state index < -0.39 is 23.5 Å². The summed E-state index contributed by atoms with van der Waals surface area (Å²) in [6.07, 6.45) is -0.399. The van der Waals surface area contributed by atoms with Crippen molar-refractivity contribution in [3.63, 3.8) is 0 Å². The zero-order chi connectivity index (χ0) is 20.1. The number of amides is 1. The van der Waals surface area contributed by atoms with Gasteiger partial charge in [-0.25, -0.2) is 9.07 Å². The molecule has 0 aliphatic carbocycles. The van der Waals surface area contributed by atoms with Crippen LogP contribution in [0.3, 0.4) is 0 Å². The van der Waals surface area contributed by atoms with Crippen molar-refractivity contribution in [1.29, 1.82) is 0 Å². The third kappa shape index (κ3) is 4.85. The molecule has 3 aromatic rings. The summed E-state index contributed by atoms with van der Waals surface area (Å²) in [6.45, 7) is 0.178. The Balaban J connectivity index is 1.67. The number of rotatable bonds is 5. The molecule has 0 unspecified atom stereocenters. The number of hydrogen-bond acceptors (Lipinski definition) is 2. The maximum Gasteiger partial charge on any atom is 0.416 e. The van der Waals surface area contributed by atoms with Crippen molar-refractivity contribution >= 4 is 17.8 Å². The zero-order valence-corrected chi connectivity index (χ0v) is 14.4. The molecule has 1 N–H and O–H groups in total. The second-order valence-electron chi connectivity index (χ2n) is 5.91. The highest BCUT2D eigenvalue weighted by Crippen LogP contribution is 2.29. The molecule has 0 aliphatic rings. The van der Waals surface area contributed by atoms with Crippen molar-refractivity contribution in [2.75, 3.05) is 5.32 Å². The predicted molar refractivity (Wildman–Crippen MR) is 96.8 cm³/mol. The van der Waals surface area contributed by atoms with Crippen LogP contribution in [0.2, 0.25) is 0 Å². The fourth-order valence-electron chi connectivity index (χ4n) is 2.48. The first kappa shape index (κ1) is 19.3. The minimum atomic E-state index is -4.39. The molecule has 144 valence electrons. The SMILES string of the molecule is O=C(/C=C/c1ccccc1F)Nc1ccnn1Cc1ccc(C(F)(F)F)cc1. The third-order valence-corrected chi connectivity index (χ3v) is 3.90. The minimum Gasteiger partial charge on any atom is -0.307 e. The standard InChI is InChI=1S/C20H15F4N3O/c21-17-4-2-1-3-15(17)7-10-19(28)26-18-11-12-25-27(18)13-14-5-8-16(9-6-14)20(22,23)24/h1-12H,13H2,(H,26,28)/b10-7+. The molecule has 4 nitrogen and oxygen atoms in total. The molecule has 1 aromatic heterocycles. The molecule has 0 saturated heterocycles. The van der Waals surface area contributed by atoms with Gasteiger partial charge in [-0.05, 0) is 29.8 Å². The van der Waals surface area contributed by atoms with Crippen molar-refractivity contribution in [3.05, 3.63) is 89.4 Å². The lowest BCUT2D eigenvalue weighted by molar-refractivity contribution is -0.137. The van der Waals surface area contributed by atoms with Gasteiger partial charge >= 0.3 is 6.18 Å². The van der Waals surface area contributed by atoms with E-state index >= 15 is 0 Å². The normalized spacial score (nSPS) is 11.7. The van der Waals surface area contributed by atoms with Crippen molar-refractivity contribution < 1.29 is 22.4 Å². The second kappa shape index (κ2) is 8.08. The molecule has 0 radical (unpaired) electrons. The number of alkyl halides is 3. The zero-order valence-electron chi connectivity index (χ0n) is 14.4. The maximum atomic E-state index is 13.6. The van der Waals surface area contributed by atoms with E-state index in [-0.39, 0.29) is 12.1 Å². The Morgan fingerprint density at radius 3 is 2.46 bits per heavy atom. The Morgan fingerprint density at radius 2 is 1.79 bits per heavy atom. The van der Waals surface area contributed by atoms with Gasteiger partial charge < -0.3 is 5.32 Å². The monoisotopic (exact) mass is 389 g/mol. The molecule has 8 heteroatoms. The lowest BCUT2D eigenvalue weighted by Gasteiger charge is -2.10. The molecule has 0 fully saturated rings. The van der Waals surface area contributed by atoms with Crippen LogP contribution in [0.1, 0.15) is 16.7 Å². The number of carbonyl (C=O) groups excluding carboxylic acids is 1. The number of benzene rings is 2. The first-order valence-corrected chi connectivity index (χ1v) is 8.24. The summed E-state index contributed by atoms with van der Waals surface area (Å²) in [6, 6.07) is 12.3. The highest BCUT2D eigenvalue weighted by atomic mass is 19.4. The number of carbonyl (C=O) groups is 1. The number of halogens is 4. The van der Waals surface area contributed by atoms with Gasteiger partial charge in [0.15, 0.2) is 0 Å². The first-order chi connectivity index (χ1) is 13.3. The minimum absolute atomic E-state index is 0.178. The van der Waals surface area contributed by atoms with Gasteiger partial charge in [0.2, 0.25) is 5.91 Å². The Hall–Kier alpha value is -3.42. The number of anilines is 1. The Kier molecular flexibility index (Phi) is 5.58. The highest BCUT2D eigenvalue weighted by molar-refractivity contribution is 6.01. The summed E-state index contributed by atoms with van der Waals surface area (Å²) in [7, 11) is 0. The summed E-state index contributed by atoms with van der Waals surface area (Å²) >= 11 is 0. The molecular weight excluding hydrogens is 374 g/mol. The summed E-state index contributed by atoms with van der Waals surface area (Å²) in [4.78, 5) is 12.1.